The van der Waals surface area contributed by atoms with E-state index < -0.39 is 18.0 Å². The second kappa shape index (κ2) is 14.9. The number of nitrogens with one attached hydrogen (secondary N) is 2. The molecule has 3 amide bonds. The summed E-state index contributed by atoms with van der Waals surface area (Å²) in [6.07, 6.45) is 5.33. The van der Waals surface area contributed by atoms with Crippen molar-refractivity contribution in [3.8, 4) is 0 Å². The van der Waals surface area contributed by atoms with Gasteiger partial charge in [-0.05, 0) is 91.8 Å². The Morgan fingerprint density at radius 2 is 1.67 bits per heavy atom. The van der Waals surface area contributed by atoms with E-state index in [-0.39, 0.29) is 25.7 Å². The minimum absolute atomic E-state index is 0.134. The molecular formula is C32H33Cl2N3O5. The predicted octanol–water partition coefficient (Wildman–Crippen LogP) is 6.84. The maximum absolute atomic E-state index is 13.5. The van der Waals surface area contributed by atoms with Crippen LogP contribution in [0.1, 0.15) is 54.1 Å². The Labute approximate surface area is 255 Å². The fraction of sp³-hybridized carbons (Fsp3) is 0.281. The molecule has 0 spiro atoms. The summed E-state index contributed by atoms with van der Waals surface area (Å²) in [7, 11) is 0. The van der Waals surface area contributed by atoms with Crippen LogP contribution in [0.2, 0.25) is 10.0 Å². The lowest BCUT2D eigenvalue weighted by Crippen LogP contribution is -2.37. The molecule has 42 heavy (non-hydrogen) atoms. The van der Waals surface area contributed by atoms with Gasteiger partial charge < -0.3 is 20.5 Å². The molecule has 8 nitrogen and oxygen atoms in total. The molecule has 1 aliphatic carbocycles. The van der Waals surface area contributed by atoms with Crippen molar-refractivity contribution in [2.45, 2.75) is 45.3 Å². The molecule has 3 aromatic carbocycles. The number of hydrogen-bond donors (Lipinski definition) is 3. The Bertz CT molecular complexity index is 1420. The van der Waals surface area contributed by atoms with Crippen molar-refractivity contribution in [3.05, 3.63) is 99.5 Å². The van der Waals surface area contributed by atoms with Gasteiger partial charge in [-0.15, -0.1) is 0 Å². The Hall–Kier alpha value is -3.85. The van der Waals surface area contributed by atoms with Crippen molar-refractivity contribution in [2.75, 3.05) is 23.4 Å². The number of carbonyl (C=O) groups is 3. The Kier molecular flexibility index (Phi) is 11.0. The zero-order valence-electron chi connectivity index (χ0n) is 23.2. The van der Waals surface area contributed by atoms with Crippen molar-refractivity contribution < 1.29 is 24.2 Å². The second-order valence-corrected chi connectivity index (χ2v) is 10.7. The summed E-state index contributed by atoms with van der Waals surface area (Å²) in [4.78, 5) is 39.3. The maximum atomic E-state index is 13.5. The first-order valence-corrected chi connectivity index (χ1v) is 14.5. The summed E-state index contributed by atoms with van der Waals surface area (Å²) in [6.45, 7) is 1.71. The van der Waals surface area contributed by atoms with Gasteiger partial charge in [-0.25, -0.2) is 9.59 Å². The molecule has 0 unspecified atom stereocenters. The van der Waals surface area contributed by atoms with Gasteiger partial charge in [0.2, 0.25) is 0 Å². The number of aliphatic hydroxyl groups is 1. The number of urea groups is 1. The molecule has 0 heterocycles. The monoisotopic (exact) mass is 609 g/mol. The Balaban J connectivity index is 1.50. The zero-order chi connectivity index (χ0) is 30.1. The van der Waals surface area contributed by atoms with Crippen molar-refractivity contribution in [2.24, 2.45) is 0 Å². The summed E-state index contributed by atoms with van der Waals surface area (Å²) in [5.74, 6) is -1.25. The third-order valence-electron chi connectivity index (χ3n) is 6.77. The highest BCUT2D eigenvalue weighted by Crippen LogP contribution is 2.29. The van der Waals surface area contributed by atoms with E-state index in [9.17, 15) is 19.5 Å². The highest BCUT2D eigenvalue weighted by atomic mass is 35.5. The van der Waals surface area contributed by atoms with E-state index in [2.05, 4.69) is 16.7 Å². The standard InChI is InChI=1S/C32H33Cl2N3O5/c1-2-42-31(40)29(38)19-35-30(39)24-10-8-21(9-11-24)20-37(32(41)36-27-17-25(33)16-26(34)18-27)28-14-12-23(13-15-28)22-6-4-3-5-7-22/h6,8-18,29,38H,2-5,7,19-20H2,1H3,(H,35,39)(H,36,41)/t29-/m1/s1. The van der Waals surface area contributed by atoms with E-state index in [1.165, 1.54) is 18.4 Å². The molecule has 4 rings (SSSR count). The van der Waals surface area contributed by atoms with E-state index in [1.54, 1.807) is 54.3 Å². The third-order valence-corrected chi connectivity index (χ3v) is 7.21. The molecule has 0 saturated heterocycles. The van der Waals surface area contributed by atoms with Crippen LogP contribution in [0.5, 0.6) is 0 Å². The number of halogens is 2. The number of carbonyl (C=O) groups excluding carboxylic acids is 3. The van der Waals surface area contributed by atoms with Crippen LogP contribution < -0.4 is 15.5 Å². The number of ether oxygens (including phenoxy) is 1. The van der Waals surface area contributed by atoms with Crippen LogP contribution in [0.15, 0.2) is 72.8 Å². The zero-order valence-corrected chi connectivity index (χ0v) is 24.8. The first-order valence-electron chi connectivity index (χ1n) is 13.8. The number of nitrogens with zero attached hydrogens (tertiary/aromatic N) is 1. The number of aliphatic hydroxyl groups excluding tert-OH is 1. The van der Waals surface area contributed by atoms with Crippen LogP contribution in [0.4, 0.5) is 16.2 Å². The maximum Gasteiger partial charge on any atom is 0.336 e. The SMILES string of the molecule is CCOC(=O)[C@H](O)CNC(=O)c1ccc(CN(C(=O)Nc2cc(Cl)cc(Cl)c2)c2ccc(C3=CCCCC3)cc2)cc1. The lowest BCUT2D eigenvalue weighted by molar-refractivity contribution is -0.152. The van der Waals surface area contributed by atoms with Gasteiger partial charge in [0.1, 0.15) is 0 Å². The lowest BCUT2D eigenvalue weighted by atomic mass is 9.93. The number of amides is 3. The van der Waals surface area contributed by atoms with Gasteiger partial charge in [-0.1, -0.05) is 53.5 Å². The topological polar surface area (TPSA) is 108 Å². The number of hydrogen-bond acceptors (Lipinski definition) is 5. The van der Waals surface area contributed by atoms with Crippen LogP contribution in [0.25, 0.3) is 5.57 Å². The van der Waals surface area contributed by atoms with Gasteiger partial charge >= 0.3 is 12.0 Å². The normalized spacial score (nSPS) is 13.5. The number of anilines is 2. The molecule has 0 bridgehead atoms. The number of rotatable bonds is 10. The van der Waals surface area contributed by atoms with Gasteiger partial charge in [0, 0.05) is 27.0 Å². The molecule has 0 saturated carbocycles. The Morgan fingerprint density at radius 1 is 0.976 bits per heavy atom. The highest BCUT2D eigenvalue weighted by Gasteiger charge is 2.20. The fourth-order valence-electron chi connectivity index (χ4n) is 4.61. The molecular weight excluding hydrogens is 577 g/mol. The van der Waals surface area contributed by atoms with E-state index in [4.69, 9.17) is 27.9 Å². The molecule has 1 aliphatic rings. The summed E-state index contributed by atoms with van der Waals surface area (Å²) < 4.78 is 4.74. The molecule has 3 aromatic rings. The first-order chi connectivity index (χ1) is 20.2. The van der Waals surface area contributed by atoms with Crippen molar-refractivity contribution in [3.63, 3.8) is 0 Å². The van der Waals surface area contributed by atoms with Crippen LogP contribution >= 0.6 is 23.2 Å². The second-order valence-electron chi connectivity index (χ2n) is 9.87. The van der Waals surface area contributed by atoms with Gasteiger partial charge in [0.15, 0.2) is 6.10 Å². The molecule has 10 heteroatoms. The van der Waals surface area contributed by atoms with Gasteiger partial charge in [0.05, 0.1) is 19.7 Å². The van der Waals surface area contributed by atoms with Crippen LogP contribution in [0, 0.1) is 0 Å². The summed E-state index contributed by atoms with van der Waals surface area (Å²) in [5, 5.41) is 16.0. The van der Waals surface area contributed by atoms with Crippen LogP contribution in [-0.4, -0.2) is 42.3 Å². The minimum atomic E-state index is -1.45. The number of esters is 1. The minimum Gasteiger partial charge on any atom is -0.464 e. The quantitative estimate of drug-likeness (QED) is 0.218. The fourth-order valence-corrected chi connectivity index (χ4v) is 5.14. The first kappa shape index (κ1) is 31.1. The smallest absolute Gasteiger partial charge is 0.336 e. The van der Waals surface area contributed by atoms with Crippen LogP contribution in [0.3, 0.4) is 0 Å². The lowest BCUT2D eigenvalue weighted by Gasteiger charge is -2.24. The van der Waals surface area contributed by atoms with E-state index in [0.29, 0.717) is 27.0 Å². The molecule has 0 aliphatic heterocycles. The molecule has 220 valence electrons. The number of allylic oxidation sites excluding steroid dienone is 2. The molecule has 1 atom stereocenters. The van der Waals surface area contributed by atoms with E-state index >= 15 is 0 Å². The molecule has 3 N–H and O–H groups in total. The van der Waals surface area contributed by atoms with Crippen molar-refractivity contribution in [1.29, 1.82) is 0 Å². The van der Waals surface area contributed by atoms with Crippen molar-refractivity contribution in [1.82, 2.24) is 5.32 Å². The molecule has 0 aromatic heterocycles. The van der Waals surface area contributed by atoms with Gasteiger partial charge in [-0.3, -0.25) is 9.69 Å². The van der Waals surface area contributed by atoms with E-state index in [1.807, 2.05) is 24.3 Å². The largest absolute Gasteiger partial charge is 0.464 e. The number of benzene rings is 3. The molecule has 0 radical (unpaired) electrons. The molecule has 0 fully saturated rings. The van der Waals surface area contributed by atoms with Gasteiger partial charge in [-0.2, -0.15) is 0 Å². The summed E-state index contributed by atoms with van der Waals surface area (Å²) in [6, 6.07) is 19.1. The highest BCUT2D eigenvalue weighted by molar-refractivity contribution is 6.35. The predicted molar refractivity (Wildman–Crippen MR) is 166 cm³/mol. The van der Waals surface area contributed by atoms with Gasteiger partial charge in [0.25, 0.3) is 5.91 Å². The third kappa shape index (κ3) is 8.58. The van der Waals surface area contributed by atoms with Crippen molar-refractivity contribution >= 4 is 58.1 Å². The van der Waals surface area contributed by atoms with Crippen LogP contribution in [-0.2, 0) is 16.1 Å². The van der Waals surface area contributed by atoms with E-state index in [0.717, 1.165) is 24.0 Å². The summed E-state index contributed by atoms with van der Waals surface area (Å²) >= 11 is 12.3. The Morgan fingerprint density at radius 3 is 2.29 bits per heavy atom. The average molecular weight is 611 g/mol. The summed E-state index contributed by atoms with van der Waals surface area (Å²) in [5.41, 5.74) is 4.73. The average Bonchev–Trinajstić information content (AvgIpc) is 2.99.